The van der Waals surface area contributed by atoms with Crippen LogP contribution in [0.2, 0.25) is 0 Å². The molecule has 0 bridgehead atoms. The van der Waals surface area contributed by atoms with E-state index in [4.69, 9.17) is 0 Å². The van der Waals surface area contributed by atoms with Crippen molar-refractivity contribution >= 4 is 17.1 Å². The van der Waals surface area contributed by atoms with Gasteiger partial charge in [0.05, 0.1) is 11.1 Å². The number of nitrogens with one attached hydrogen (secondary N) is 1. The maximum atomic E-state index is 12.3. The summed E-state index contributed by atoms with van der Waals surface area (Å²) in [6, 6.07) is 0. The van der Waals surface area contributed by atoms with E-state index in [1.165, 1.54) is 18.3 Å². The molecule has 2 aromatic heterocycles. The number of H-pyrrole nitrogens is 1. The van der Waals surface area contributed by atoms with Gasteiger partial charge in [0.15, 0.2) is 5.78 Å². The Labute approximate surface area is 112 Å². The van der Waals surface area contributed by atoms with E-state index in [0.29, 0.717) is 5.01 Å². The number of carbonyl (C=O) groups excluding carboxylic acids is 1. The van der Waals surface area contributed by atoms with Gasteiger partial charge in [-0.2, -0.15) is 0 Å². The van der Waals surface area contributed by atoms with Crippen LogP contribution >= 0.6 is 11.3 Å². The maximum Gasteiger partial charge on any atom is 0.329 e. The van der Waals surface area contributed by atoms with E-state index in [9.17, 15) is 14.4 Å². The number of rotatable bonds is 3. The van der Waals surface area contributed by atoms with Gasteiger partial charge in [-0.25, -0.2) is 14.3 Å². The molecule has 0 unspecified atom stereocenters. The molecule has 6 nitrogen and oxygen atoms in total. The molecule has 2 rings (SSSR count). The van der Waals surface area contributed by atoms with Crippen LogP contribution < -0.4 is 11.2 Å². The van der Waals surface area contributed by atoms with Crippen LogP contribution in [-0.2, 0) is 5.54 Å². The molecule has 0 aliphatic rings. The van der Waals surface area contributed by atoms with E-state index in [1.807, 2.05) is 0 Å². The second-order valence-corrected chi connectivity index (χ2v) is 5.50. The average molecular weight is 279 g/mol. The topological polar surface area (TPSA) is 84.8 Å². The molecule has 0 fully saturated rings. The van der Waals surface area contributed by atoms with Gasteiger partial charge in [0.1, 0.15) is 5.01 Å². The number of nitrogens with zero attached hydrogens (tertiary/aromatic N) is 2. The van der Waals surface area contributed by atoms with Crippen LogP contribution in [0.4, 0.5) is 0 Å². The van der Waals surface area contributed by atoms with Crippen LogP contribution in [0.3, 0.4) is 0 Å². The second-order valence-electron chi connectivity index (χ2n) is 4.60. The summed E-state index contributed by atoms with van der Waals surface area (Å²) in [5.41, 5.74) is -2.11. The van der Waals surface area contributed by atoms with Crippen LogP contribution in [0, 0.1) is 0 Å². The minimum Gasteiger partial charge on any atom is -0.313 e. The molecule has 0 amide bonds. The van der Waals surface area contributed by atoms with Crippen molar-refractivity contribution in [1.82, 2.24) is 14.5 Å². The zero-order valence-electron chi connectivity index (χ0n) is 10.8. The molecule has 0 aliphatic heterocycles. The van der Waals surface area contributed by atoms with Crippen LogP contribution in [0.1, 0.15) is 36.1 Å². The van der Waals surface area contributed by atoms with E-state index in [2.05, 4.69) is 9.97 Å². The summed E-state index contributed by atoms with van der Waals surface area (Å²) < 4.78 is 1.03. The first-order valence-electron chi connectivity index (χ1n) is 5.62. The highest BCUT2D eigenvalue weighted by Gasteiger charge is 2.30. The number of Topliss-reactive ketones (excluding diaryl/α,β-unsaturated/α-hetero) is 1. The SMILES string of the molecule is CC(=O)c1c[nH]c(=O)n(C(C)(C)c2nccs2)c1=O. The van der Waals surface area contributed by atoms with Gasteiger partial charge in [-0.1, -0.05) is 0 Å². The highest BCUT2D eigenvalue weighted by Crippen LogP contribution is 2.24. The lowest BCUT2D eigenvalue weighted by Crippen LogP contribution is -2.48. The molecule has 0 spiro atoms. The van der Waals surface area contributed by atoms with Gasteiger partial charge in [0.25, 0.3) is 5.56 Å². The van der Waals surface area contributed by atoms with Crippen LogP contribution in [0.25, 0.3) is 0 Å². The summed E-state index contributed by atoms with van der Waals surface area (Å²) >= 11 is 1.35. The van der Waals surface area contributed by atoms with Crippen molar-refractivity contribution in [2.24, 2.45) is 0 Å². The normalized spacial score (nSPS) is 11.5. The first kappa shape index (κ1) is 13.4. The molecule has 19 heavy (non-hydrogen) atoms. The predicted molar refractivity (Wildman–Crippen MR) is 71.9 cm³/mol. The van der Waals surface area contributed by atoms with Crippen LogP contribution in [-0.4, -0.2) is 20.3 Å². The highest BCUT2D eigenvalue weighted by atomic mass is 32.1. The lowest BCUT2D eigenvalue weighted by molar-refractivity contribution is 0.101. The van der Waals surface area contributed by atoms with Crippen molar-refractivity contribution in [2.45, 2.75) is 26.3 Å². The van der Waals surface area contributed by atoms with Gasteiger partial charge < -0.3 is 4.98 Å². The minimum absolute atomic E-state index is 0.0377. The summed E-state index contributed by atoms with van der Waals surface area (Å²) in [5.74, 6) is -0.384. The summed E-state index contributed by atoms with van der Waals surface area (Å²) in [6.45, 7) is 4.72. The molecule has 2 aromatic rings. The number of hydrogen-bond donors (Lipinski definition) is 1. The summed E-state index contributed by atoms with van der Waals surface area (Å²) in [5, 5.41) is 2.39. The fraction of sp³-hybridized carbons (Fsp3) is 0.333. The Kier molecular flexibility index (Phi) is 3.23. The van der Waals surface area contributed by atoms with Crippen molar-refractivity contribution in [3.05, 3.63) is 49.2 Å². The first-order chi connectivity index (χ1) is 8.85. The number of carbonyl (C=O) groups is 1. The number of hydrogen-bond acceptors (Lipinski definition) is 5. The minimum atomic E-state index is -0.912. The van der Waals surface area contributed by atoms with Crippen LogP contribution in [0.5, 0.6) is 0 Å². The lowest BCUT2D eigenvalue weighted by atomic mass is 10.1. The molecule has 7 heteroatoms. The molecule has 0 saturated carbocycles. The fourth-order valence-corrected chi connectivity index (χ4v) is 2.61. The number of aromatic amines is 1. The molecular formula is C12H13N3O3S. The van der Waals surface area contributed by atoms with Crippen molar-refractivity contribution in [3.63, 3.8) is 0 Å². The molecule has 1 N–H and O–H groups in total. The predicted octanol–water partition coefficient (Wildman–Crippen LogP) is 0.979. The number of ketones is 1. The number of thiazole rings is 1. The molecule has 0 saturated heterocycles. The molecule has 0 aliphatic carbocycles. The molecular weight excluding hydrogens is 266 g/mol. The summed E-state index contributed by atoms with van der Waals surface area (Å²) in [6.07, 6.45) is 2.76. The van der Waals surface area contributed by atoms with E-state index in [-0.39, 0.29) is 11.3 Å². The Bertz CT molecular complexity index is 725. The van der Waals surface area contributed by atoms with Crippen molar-refractivity contribution in [3.8, 4) is 0 Å². The zero-order chi connectivity index (χ0) is 14.2. The van der Waals surface area contributed by atoms with Gasteiger partial charge in [-0.3, -0.25) is 9.59 Å². The molecule has 0 atom stereocenters. The van der Waals surface area contributed by atoms with Gasteiger partial charge in [-0.05, 0) is 20.8 Å². The zero-order valence-corrected chi connectivity index (χ0v) is 11.6. The van der Waals surface area contributed by atoms with Gasteiger partial charge in [0.2, 0.25) is 0 Å². The smallest absolute Gasteiger partial charge is 0.313 e. The second kappa shape index (κ2) is 4.58. The Hall–Kier alpha value is -2.02. The Morgan fingerprint density at radius 3 is 2.63 bits per heavy atom. The third kappa shape index (κ3) is 2.17. The largest absolute Gasteiger partial charge is 0.329 e. The van der Waals surface area contributed by atoms with E-state index >= 15 is 0 Å². The molecule has 2 heterocycles. The third-order valence-electron chi connectivity index (χ3n) is 2.87. The molecule has 0 radical (unpaired) electrons. The first-order valence-corrected chi connectivity index (χ1v) is 6.50. The number of aromatic nitrogens is 3. The highest BCUT2D eigenvalue weighted by molar-refractivity contribution is 7.09. The monoisotopic (exact) mass is 279 g/mol. The van der Waals surface area contributed by atoms with E-state index in [0.717, 1.165) is 10.8 Å². The maximum absolute atomic E-state index is 12.3. The van der Waals surface area contributed by atoms with E-state index < -0.39 is 16.8 Å². The summed E-state index contributed by atoms with van der Waals surface area (Å²) in [7, 11) is 0. The van der Waals surface area contributed by atoms with E-state index in [1.54, 1.807) is 25.4 Å². The quantitative estimate of drug-likeness (QED) is 0.849. The van der Waals surface area contributed by atoms with Crippen LogP contribution in [0.15, 0.2) is 27.4 Å². The van der Waals surface area contributed by atoms with Crippen molar-refractivity contribution in [1.29, 1.82) is 0 Å². The Morgan fingerprint density at radius 2 is 2.11 bits per heavy atom. The van der Waals surface area contributed by atoms with Crippen molar-refractivity contribution in [2.75, 3.05) is 0 Å². The third-order valence-corrected chi connectivity index (χ3v) is 3.96. The average Bonchev–Trinajstić information content (AvgIpc) is 2.81. The van der Waals surface area contributed by atoms with Gasteiger partial charge >= 0.3 is 5.69 Å². The fourth-order valence-electron chi connectivity index (χ4n) is 1.85. The molecule has 100 valence electrons. The molecule has 0 aromatic carbocycles. The standard InChI is InChI=1S/C12H13N3O3S/c1-7(16)8-6-14-11(18)15(9(8)17)12(2,3)10-13-4-5-19-10/h4-6H,1-3H3,(H,14,18). The lowest BCUT2D eigenvalue weighted by Gasteiger charge is -2.24. The van der Waals surface area contributed by atoms with Gasteiger partial charge in [0, 0.05) is 17.8 Å². The Balaban J connectivity index is 2.76. The van der Waals surface area contributed by atoms with Gasteiger partial charge in [-0.15, -0.1) is 11.3 Å². The summed E-state index contributed by atoms with van der Waals surface area (Å²) in [4.78, 5) is 42.2. The van der Waals surface area contributed by atoms with Crippen molar-refractivity contribution < 1.29 is 4.79 Å². The Morgan fingerprint density at radius 1 is 1.42 bits per heavy atom.